The van der Waals surface area contributed by atoms with Crippen LogP contribution in [0.4, 0.5) is 0 Å². The highest BCUT2D eigenvalue weighted by Crippen LogP contribution is 2.37. The molecule has 0 aromatic carbocycles. The van der Waals surface area contributed by atoms with Gasteiger partial charge in [0.05, 0.1) is 31.3 Å². The highest BCUT2D eigenvalue weighted by Gasteiger charge is 2.54. The lowest BCUT2D eigenvalue weighted by atomic mass is 9.76. The highest BCUT2D eigenvalue weighted by molar-refractivity contribution is 5.83. The van der Waals surface area contributed by atoms with E-state index in [0.717, 1.165) is 0 Å². The Hall–Kier alpha value is -1.47. The van der Waals surface area contributed by atoms with Crippen molar-refractivity contribution in [3.8, 4) is 0 Å². The second-order valence-electron chi connectivity index (χ2n) is 12.2. The van der Waals surface area contributed by atoms with Crippen molar-refractivity contribution in [2.75, 3.05) is 26.2 Å². The normalized spacial score (nSPS) is 45.6. The van der Waals surface area contributed by atoms with Crippen LogP contribution in [0.3, 0.4) is 0 Å². The Morgan fingerprint density at radius 1 is 0.848 bits per heavy atom. The van der Waals surface area contributed by atoms with Crippen molar-refractivity contribution in [2.24, 2.45) is 40.3 Å². The Balaban J connectivity index is 1.55. The lowest BCUT2D eigenvalue weighted by molar-refractivity contribution is -0.283. The van der Waals surface area contributed by atoms with Crippen LogP contribution in [-0.4, -0.2) is 161 Å². The number of carbonyl (C=O) groups excluding carboxylic acids is 1. The van der Waals surface area contributed by atoms with E-state index in [2.05, 4.69) is 0 Å². The van der Waals surface area contributed by atoms with Gasteiger partial charge in [0.2, 0.25) is 6.29 Å². The lowest BCUT2D eigenvalue weighted by Crippen LogP contribution is -2.64. The fourth-order valence-corrected chi connectivity index (χ4v) is 6.19. The van der Waals surface area contributed by atoms with Crippen LogP contribution in [-0.2, 0) is 33.2 Å². The molecular formula is C27H50N6O13. The molecule has 46 heavy (non-hydrogen) atoms. The fourth-order valence-electron chi connectivity index (χ4n) is 6.19. The molecule has 1 unspecified atom stereocenters. The minimum absolute atomic E-state index is 0.0722. The van der Waals surface area contributed by atoms with E-state index >= 15 is 0 Å². The molecule has 3 heterocycles. The second-order valence-corrected chi connectivity index (χ2v) is 12.2. The van der Waals surface area contributed by atoms with Crippen LogP contribution >= 0.6 is 0 Å². The zero-order valence-electron chi connectivity index (χ0n) is 25.3. The van der Waals surface area contributed by atoms with Crippen molar-refractivity contribution in [1.29, 1.82) is 0 Å². The summed E-state index contributed by atoms with van der Waals surface area (Å²) < 4.78 is 35.3. The van der Waals surface area contributed by atoms with Crippen molar-refractivity contribution in [2.45, 2.75) is 117 Å². The molecule has 3 fully saturated rings. The first-order valence-corrected chi connectivity index (χ1v) is 15.4. The predicted molar refractivity (Wildman–Crippen MR) is 155 cm³/mol. The first-order chi connectivity index (χ1) is 21.8. The molecule has 0 radical (unpaired) electrons. The third-order valence-electron chi connectivity index (χ3n) is 8.96. The summed E-state index contributed by atoms with van der Waals surface area (Å²) >= 11 is 0. The van der Waals surface area contributed by atoms with Crippen molar-refractivity contribution in [1.82, 2.24) is 0 Å². The number of hydrogen-bond donors (Lipinski definition) is 12. The Bertz CT molecular complexity index is 1030. The van der Waals surface area contributed by atoms with Crippen molar-refractivity contribution in [3.05, 3.63) is 11.8 Å². The zero-order valence-corrected chi connectivity index (χ0v) is 25.3. The van der Waals surface area contributed by atoms with Gasteiger partial charge in [0.15, 0.2) is 18.4 Å². The quantitative estimate of drug-likeness (QED) is 0.0868. The Morgan fingerprint density at radius 2 is 1.50 bits per heavy atom. The van der Waals surface area contributed by atoms with Crippen LogP contribution < -0.4 is 34.4 Å². The van der Waals surface area contributed by atoms with Crippen molar-refractivity contribution >= 4 is 5.78 Å². The molecule has 0 spiro atoms. The summed E-state index contributed by atoms with van der Waals surface area (Å²) in [5.74, 6) is -0.987. The summed E-state index contributed by atoms with van der Waals surface area (Å²) in [6, 6.07) is -2.75. The third-order valence-corrected chi connectivity index (χ3v) is 8.96. The van der Waals surface area contributed by atoms with Crippen LogP contribution in [0.2, 0.25) is 0 Å². The third kappa shape index (κ3) is 8.04. The second kappa shape index (κ2) is 16.3. The van der Waals surface area contributed by atoms with Crippen LogP contribution in [0.25, 0.3) is 0 Å². The summed E-state index contributed by atoms with van der Waals surface area (Å²) in [6.45, 7) is -1.06. The molecule has 1 saturated carbocycles. The van der Waals surface area contributed by atoms with Gasteiger partial charge in [-0.05, 0) is 24.8 Å². The van der Waals surface area contributed by atoms with Gasteiger partial charge in [-0.1, -0.05) is 0 Å². The highest BCUT2D eigenvalue weighted by atomic mass is 16.8. The molecule has 0 aromatic heterocycles. The number of aliphatic hydroxyl groups is 6. The number of rotatable bonds is 13. The van der Waals surface area contributed by atoms with Gasteiger partial charge in [0, 0.05) is 25.6 Å². The van der Waals surface area contributed by atoms with E-state index in [1.54, 1.807) is 6.08 Å². The smallest absolute Gasteiger partial charge is 0.215 e. The van der Waals surface area contributed by atoms with Crippen LogP contribution in [0.5, 0.6) is 0 Å². The van der Waals surface area contributed by atoms with Gasteiger partial charge in [-0.15, -0.1) is 0 Å². The van der Waals surface area contributed by atoms with Gasteiger partial charge in [0.25, 0.3) is 0 Å². The molecule has 0 aromatic rings. The minimum Gasteiger partial charge on any atom is -0.467 e. The summed E-state index contributed by atoms with van der Waals surface area (Å²) in [4.78, 5) is 12.6. The van der Waals surface area contributed by atoms with E-state index in [-0.39, 0.29) is 32.5 Å². The average molecular weight is 667 g/mol. The van der Waals surface area contributed by atoms with Gasteiger partial charge in [-0.25, -0.2) is 0 Å². The Kier molecular flexibility index (Phi) is 13.2. The summed E-state index contributed by atoms with van der Waals surface area (Å²) in [6.07, 6.45) is -15.5. The molecule has 19 heteroatoms. The van der Waals surface area contributed by atoms with Crippen LogP contribution in [0, 0.1) is 5.92 Å². The molecule has 18 N–H and O–H groups in total. The van der Waals surface area contributed by atoms with Crippen LogP contribution in [0.15, 0.2) is 11.8 Å². The topological polar surface area (TPSA) is 350 Å². The summed E-state index contributed by atoms with van der Waals surface area (Å²) in [5, 5.41) is 63.3. The van der Waals surface area contributed by atoms with E-state index in [1.165, 1.54) is 0 Å². The van der Waals surface area contributed by atoms with Gasteiger partial charge in [-0.3, -0.25) is 4.79 Å². The van der Waals surface area contributed by atoms with Gasteiger partial charge in [0.1, 0.15) is 60.7 Å². The molecule has 0 amide bonds. The Labute approximate surface area is 265 Å². The number of ether oxygens (including phenoxy) is 6. The van der Waals surface area contributed by atoms with Crippen molar-refractivity contribution < 1.29 is 63.9 Å². The largest absolute Gasteiger partial charge is 0.467 e. The molecule has 4 aliphatic rings. The lowest BCUT2D eigenvalue weighted by Gasteiger charge is -2.46. The molecular weight excluding hydrogens is 616 g/mol. The summed E-state index contributed by atoms with van der Waals surface area (Å²) in [5.41, 5.74) is 35.5. The van der Waals surface area contributed by atoms with Crippen molar-refractivity contribution in [3.63, 3.8) is 0 Å². The van der Waals surface area contributed by atoms with Crippen LogP contribution in [0.1, 0.15) is 19.3 Å². The van der Waals surface area contributed by atoms with E-state index in [1.807, 2.05) is 0 Å². The maximum Gasteiger partial charge on any atom is 0.215 e. The van der Waals surface area contributed by atoms with E-state index in [4.69, 9.17) is 62.8 Å². The van der Waals surface area contributed by atoms with Gasteiger partial charge in [-0.2, -0.15) is 0 Å². The molecule has 1 aliphatic carbocycles. The average Bonchev–Trinajstić information content (AvgIpc) is 3.34. The number of nitrogens with two attached hydrogens (primary N) is 6. The number of hydrogen-bond acceptors (Lipinski definition) is 19. The standard InChI is InChI=1S/C27H50N6O13/c28-5-10-1-2-11(31)25(41-10)44-22-12(32)3-9(4-13(35)14(36)6-29)18(37)24(22)46-27-21(40)23(16(8-34)43-27)45-26-17(33)20(39)19(38)15(7-30)42-26/h1,9,11-12,14-27,34,36-40H,2-8,28-33H2/t9-,11+,12-,14?,15-,16+,17+,18-,19+,20+,21+,22+,23+,24+,25+,26+,27-/m0/s1. The number of aliphatic hydroxyl groups excluding tert-OH is 6. The van der Waals surface area contributed by atoms with E-state index in [9.17, 15) is 35.4 Å². The monoisotopic (exact) mass is 666 g/mol. The maximum absolute atomic E-state index is 12.6. The number of Topliss-reactive ketones (excluding diaryl/α,β-unsaturated/α-hetero) is 1. The Morgan fingerprint density at radius 3 is 2.13 bits per heavy atom. The predicted octanol–water partition coefficient (Wildman–Crippen LogP) is -7.14. The first kappa shape index (κ1) is 37.4. The molecule has 3 aliphatic heterocycles. The maximum atomic E-state index is 12.6. The molecule has 2 saturated heterocycles. The first-order valence-electron chi connectivity index (χ1n) is 15.4. The summed E-state index contributed by atoms with van der Waals surface area (Å²) in [7, 11) is 0. The molecule has 17 atom stereocenters. The molecule has 0 bridgehead atoms. The van der Waals surface area contributed by atoms with E-state index in [0.29, 0.717) is 12.2 Å². The van der Waals surface area contributed by atoms with Gasteiger partial charge >= 0.3 is 0 Å². The van der Waals surface area contributed by atoms with E-state index < -0.39 is 116 Å². The van der Waals surface area contributed by atoms with Gasteiger partial charge < -0.3 is 93.5 Å². The SMILES string of the molecule is NCC1=CC[C@@H](N)[C@@H](O[C@H]2[C@H](O[C@@H]3O[C@H](CO)[C@@H](O[C@H]4O[C@@H](CN)[C@@H](O)[C@H](O)[C@H]4N)[C@H]3O)[C@@H](O)[C@H](CC(=O)C(O)CN)C[C@@H]2N)O1. The minimum atomic E-state index is -1.63. The molecule has 19 nitrogen and oxygen atoms in total. The molecule has 4 rings (SSSR count). The number of carbonyl (C=O) groups is 1. The zero-order chi connectivity index (χ0) is 33.9. The number of ketones is 1. The molecule has 266 valence electrons. The fraction of sp³-hybridized carbons (Fsp3) is 0.889.